The van der Waals surface area contributed by atoms with Crippen LogP contribution in [0, 0.1) is 6.33 Å². The van der Waals surface area contributed by atoms with Crippen molar-refractivity contribution < 1.29 is 9.30 Å². The van der Waals surface area contributed by atoms with Crippen LogP contribution in [0.2, 0.25) is 0 Å². The first kappa shape index (κ1) is 38.0. The molecule has 57 heavy (non-hydrogen) atoms. The molecular formula is C52H54N4O. The Kier molecular flexibility index (Phi) is 9.68. The minimum atomic E-state index is -0.103. The summed E-state index contributed by atoms with van der Waals surface area (Å²) < 4.78 is 13.1. The number of hydrogen-bond acceptors (Lipinski definition) is 2. The summed E-state index contributed by atoms with van der Waals surface area (Å²) in [7, 11) is 0. The van der Waals surface area contributed by atoms with Gasteiger partial charge < -0.3 is 4.74 Å². The van der Waals surface area contributed by atoms with Crippen molar-refractivity contribution in [2.24, 2.45) is 0 Å². The lowest BCUT2D eigenvalue weighted by atomic mass is 9.85. The smallest absolute Gasteiger partial charge is 0.268 e. The van der Waals surface area contributed by atoms with E-state index in [1.807, 2.05) is 6.20 Å². The van der Waals surface area contributed by atoms with Crippen LogP contribution < -0.4 is 9.30 Å². The van der Waals surface area contributed by atoms with Gasteiger partial charge in [-0.15, -0.1) is 0 Å². The zero-order valence-electron chi connectivity index (χ0n) is 35.1. The van der Waals surface area contributed by atoms with Gasteiger partial charge in [0.1, 0.15) is 17.3 Å². The Labute approximate surface area is 338 Å². The average Bonchev–Trinajstić information content (AvgIpc) is 3.80. The monoisotopic (exact) mass is 750 g/mol. The summed E-state index contributed by atoms with van der Waals surface area (Å²) in [6.07, 6.45) is 9.63. The number of aromatic nitrogens is 4. The van der Waals surface area contributed by atoms with Crippen LogP contribution in [0.15, 0.2) is 134 Å². The van der Waals surface area contributed by atoms with Crippen LogP contribution in [0.4, 0.5) is 0 Å². The summed E-state index contributed by atoms with van der Waals surface area (Å²) in [5, 5.41) is 2.35. The molecule has 0 aliphatic carbocycles. The molecule has 0 spiro atoms. The van der Waals surface area contributed by atoms with E-state index in [1.54, 1.807) is 0 Å². The van der Waals surface area contributed by atoms with Crippen molar-refractivity contribution in [3.05, 3.63) is 162 Å². The second kappa shape index (κ2) is 14.5. The second-order valence-corrected chi connectivity index (χ2v) is 18.1. The molecule has 5 nitrogen and oxygen atoms in total. The largest absolute Gasteiger partial charge is 0.458 e. The molecule has 0 bridgehead atoms. The van der Waals surface area contributed by atoms with E-state index in [4.69, 9.17) is 9.72 Å². The van der Waals surface area contributed by atoms with Gasteiger partial charge in [-0.25, -0.2) is 4.98 Å². The quantitative estimate of drug-likeness (QED) is 0.115. The molecule has 288 valence electrons. The highest BCUT2D eigenvalue weighted by atomic mass is 16.5. The van der Waals surface area contributed by atoms with Crippen LogP contribution >= 0.6 is 0 Å². The van der Waals surface area contributed by atoms with Crippen LogP contribution in [0.5, 0.6) is 11.5 Å². The SMILES string of the molecule is CC(C)c1cccc(C(C)C)c1-c1ccc(-[n+]2[c-]n(-c3cc(Oc4ccc5c6ccccc6n(-c6cc(C(C)(C)C)ccn6)c5c4)cc(C(C)(C)C)c3)cc2)cc1. The van der Waals surface area contributed by atoms with Gasteiger partial charge in [0, 0.05) is 35.4 Å². The van der Waals surface area contributed by atoms with Gasteiger partial charge in [-0.1, -0.05) is 118 Å². The van der Waals surface area contributed by atoms with Crippen LogP contribution in [0.1, 0.15) is 103 Å². The zero-order chi connectivity index (χ0) is 40.2. The van der Waals surface area contributed by atoms with Crippen molar-refractivity contribution in [1.82, 2.24) is 14.1 Å². The Morgan fingerprint density at radius 1 is 0.632 bits per heavy atom. The molecule has 0 atom stereocenters. The molecule has 0 saturated heterocycles. The van der Waals surface area contributed by atoms with Crippen molar-refractivity contribution in [2.75, 3.05) is 0 Å². The van der Waals surface area contributed by atoms with Gasteiger partial charge >= 0.3 is 0 Å². The molecule has 0 fully saturated rings. The molecule has 3 aromatic heterocycles. The first-order chi connectivity index (χ1) is 27.2. The van der Waals surface area contributed by atoms with Crippen molar-refractivity contribution in [2.45, 2.75) is 91.9 Å². The Bertz CT molecular complexity index is 2710. The molecule has 0 amide bonds. The number of nitrogens with zero attached hydrogens (tertiary/aromatic N) is 4. The van der Waals surface area contributed by atoms with Crippen LogP contribution in [-0.2, 0) is 10.8 Å². The van der Waals surface area contributed by atoms with Gasteiger partial charge in [0.15, 0.2) is 0 Å². The lowest BCUT2D eigenvalue weighted by Crippen LogP contribution is -2.28. The van der Waals surface area contributed by atoms with Gasteiger partial charge in [-0.05, 0) is 117 Å². The summed E-state index contributed by atoms with van der Waals surface area (Å²) in [6.45, 7) is 22.5. The fourth-order valence-corrected chi connectivity index (χ4v) is 7.90. The number of para-hydroxylation sites is 1. The minimum absolute atomic E-state index is 0.000622. The molecule has 0 unspecified atom stereocenters. The molecule has 8 rings (SSSR count). The average molecular weight is 751 g/mol. The molecule has 3 heterocycles. The van der Waals surface area contributed by atoms with E-state index in [1.165, 1.54) is 38.8 Å². The standard InChI is InChI=1S/C52H54N4O/c1-34(2)43-15-13-16-44(35(3)4)50(43)36-18-20-39(21-19-36)54-26-27-55(33-54)40-28-38(52(8,9)10)29-42(31-40)57-41-22-23-46-45-14-11-12-17-47(45)56(48(46)32-41)49-30-37(24-25-53-49)51(5,6)7/h11-32,34-35H,1-10H3. The van der Waals surface area contributed by atoms with E-state index >= 15 is 0 Å². The van der Waals surface area contributed by atoms with E-state index in [2.05, 4.69) is 217 Å². The normalized spacial score (nSPS) is 12.4. The minimum Gasteiger partial charge on any atom is -0.458 e. The molecule has 0 saturated carbocycles. The maximum atomic E-state index is 6.78. The number of pyridine rings is 1. The first-order valence-corrected chi connectivity index (χ1v) is 20.3. The van der Waals surface area contributed by atoms with Crippen LogP contribution in [-0.4, -0.2) is 14.1 Å². The summed E-state index contributed by atoms with van der Waals surface area (Å²) in [5.41, 5.74) is 11.9. The Balaban J connectivity index is 1.15. The maximum Gasteiger partial charge on any atom is 0.268 e. The summed E-state index contributed by atoms with van der Waals surface area (Å²) in [5.74, 6) is 3.32. The molecular weight excluding hydrogens is 697 g/mol. The van der Waals surface area contributed by atoms with Crippen molar-refractivity contribution >= 4 is 21.8 Å². The van der Waals surface area contributed by atoms with E-state index in [-0.39, 0.29) is 10.8 Å². The van der Waals surface area contributed by atoms with Crippen molar-refractivity contribution in [3.63, 3.8) is 0 Å². The lowest BCUT2D eigenvalue weighted by molar-refractivity contribution is -0.599. The first-order valence-electron chi connectivity index (χ1n) is 20.3. The van der Waals surface area contributed by atoms with E-state index in [0.29, 0.717) is 11.8 Å². The van der Waals surface area contributed by atoms with E-state index in [9.17, 15) is 0 Å². The molecule has 0 aliphatic rings. The number of rotatable bonds is 8. The molecule has 5 aromatic carbocycles. The van der Waals surface area contributed by atoms with E-state index < -0.39 is 0 Å². The van der Waals surface area contributed by atoms with Gasteiger partial charge in [0.2, 0.25) is 0 Å². The van der Waals surface area contributed by atoms with Crippen LogP contribution in [0.3, 0.4) is 0 Å². The van der Waals surface area contributed by atoms with Gasteiger partial charge in [-0.2, -0.15) is 0 Å². The topological polar surface area (TPSA) is 35.9 Å². The van der Waals surface area contributed by atoms with Crippen molar-refractivity contribution in [1.29, 1.82) is 0 Å². The summed E-state index contributed by atoms with van der Waals surface area (Å²) in [4.78, 5) is 4.87. The Morgan fingerprint density at radius 3 is 2.00 bits per heavy atom. The second-order valence-electron chi connectivity index (χ2n) is 18.1. The fraction of sp³-hybridized carbons (Fsp3) is 0.269. The fourth-order valence-electron chi connectivity index (χ4n) is 7.90. The lowest BCUT2D eigenvalue weighted by Gasteiger charge is -2.22. The molecule has 0 N–H and O–H groups in total. The molecule has 0 radical (unpaired) electrons. The molecule has 0 aliphatic heterocycles. The summed E-state index contributed by atoms with van der Waals surface area (Å²) >= 11 is 0. The molecule has 5 heteroatoms. The zero-order valence-corrected chi connectivity index (χ0v) is 35.1. The summed E-state index contributed by atoms with van der Waals surface area (Å²) in [6, 6.07) is 41.4. The van der Waals surface area contributed by atoms with Crippen molar-refractivity contribution in [3.8, 4) is 39.8 Å². The third kappa shape index (κ3) is 7.39. The number of ether oxygens (including phenoxy) is 1. The number of fused-ring (bicyclic) bond motifs is 3. The number of benzene rings is 5. The Morgan fingerprint density at radius 2 is 1.32 bits per heavy atom. The highest BCUT2D eigenvalue weighted by molar-refractivity contribution is 6.09. The predicted molar refractivity (Wildman–Crippen MR) is 236 cm³/mol. The third-order valence-electron chi connectivity index (χ3n) is 11.1. The Hall–Kier alpha value is -5.94. The van der Waals surface area contributed by atoms with Gasteiger partial charge in [-0.3, -0.25) is 13.7 Å². The highest BCUT2D eigenvalue weighted by Crippen LogP contribution is 2.38. The van der Waals surface area contributed by atoms with Gasteiger partial charge in [0.25, 0.3) is 6.33 Å². The maximum absolute atomic E-state index is 6.78. The molecule has 8 aromatic rings. The highest BCUT2D eigenvalue weighted by Gasteiger charge is 2.21. The van der Waals surface area contributed by atoms with Gasteiger partial charge in [0.05, 0.1) is 22.4 Å². The van der Waals surface area contributed by atoms with E-state index in [0.717, 1.165) is 45.1 Å². The number of hydrogen-bond donors (Lipinski definition) is 0. The third-order valence-corrected chi connectivity index (χ3v) is 11.1. The van der Waals surface area contributed by atoms with Crippen LogP contribution in [0.25, 0.3) is 50.1 Å². The number of imidazole rings is 1. The predicted octanol–water partition coefficient (Wildman–Crippen LogP) is 13.3.